The first-order chi connectivity index (χ1) is 33.4. The molecule has 3 nitrogen and oxygen atoms in total. The van der Waals surface area contributed by atoms with Gasteiger partial charge in [-0.3, -0.25) is 0 Å². The summed E-state index contributed by atoms with van der Waals surface area (Å²) in [4.78, 5) is 4.90. The molecule has 12 rings (SSSR count). The van der Waals surface area contributed by atoms with Crippen molar-refractivity contribution >= 4 is 79.2 Å². The van der Waals surface area contributed by atoms with Crippen molar-refractivity contribution in [3.05, 3.63) is 136 Å². The third-order valence-corrected chi connectivity index (χ3v) is 18.7. The Labute approximate surface area is 418 Å². The SMILES string of the molecule is [2H]C([2H])([2H])c1cc2c3c(c1)N(c1cccc4c1oc1cc(C(C)(C)C)ccc14)c1cc4c(cc1B3c1cc3c(cc1N2c1ccc2c(c1)C(C)(C)CCC2(C)C)C(C)(C)CCC3(C)C)C(C)(C)CCC4(C)C. The van der Waals surface area contributed by atoms with Gasteiger partial charge in [0, 0.05) is 43.3 Å². The molecule has 0 fully saturated rings. The Balaban J connectivity index is 1.25. The fourth-order valence-corrected chi connectivity index (χ4v) is 13.8. The molecule has 6 aromatic carbocycles. The Bertz CT molecular complexity index is 3480. The largest absolute Gasteiger partial charge is 0.454 e. The molecule has 1 aromatic heterocycles. The highest BCUT2D eigenvalue weighted by Crippen LogP contribution is 2.55. The Morgan fingerprint density at radius 1 is 0.478 bits per heavy atom. The number of furan rings is 1. The van der Waals surface area contributed by atoms with E-state index in [2.05, 4.69) is 193 Å². The van der Waals surface area contributed by atoms with Crippen LogP contribution in [0.15, 0.2) is 95.4 Å². The lowest BCUT2D eigenvalue weighted by molar-refractivity contribution is 0.332. The second-order valence-electron chi connectivity index (χ2n) is 27.2. The number of fused-ring (bicyclic) bond motifs is 10. The van der Waals surface area contributed by atoms with E-state index < -0.39 is 6.85 Å². The van der Waals surface area contributed by atoms with Crippen molar-refractivity contribution in [2.24, 2.45) is 0 Å². The summed E-state index contributed by atoms with van der Waals surface area (Å²) in [6.45, 7) is 33.2. The van der Waals surface area contributed by atoms with Crippen LogP contribution in [-0.4, -0.2) is 6.71 Å². The zero-order chi connectivity index (χ0) is 51.4. The maximum atomic E-state index is 9.27. The van der Waals surface area contributed by atoms with Gasteiger partial charge in [-0.2, -0.15) is 0 Å². The number of anilines is 6. The maximum Gasteiger partial charge on any atom is 0.252 e. The molecule has 354 valence electrons. The smallest absolute Gasteiger partial charge is 0.252 e. The molecule has 3 aliphatic carbocycles. The van der Waals surface area contributed by atoms with Crippen LogP contribution >= 0.6 is 0 Å². The average molecular weight is 914 g/mol. The van der Waals surface area contributed by atoms with Gasteiger partial charge in [-0.25, -0.2) is 0 Å². The van der Waals surface area contributed by atoms with E-state index in [1.165, 1.54) is 49.9 Å². The van der Waals surface area contributed by atoms with Crippen LogP contribution < -0.4 is 26.2 Å². The Morgan fingerprint density at radius 2 is 0.971 bits per heavy atom. The summed E-state index contributed by atoms with van der Waals surface area (Å²) >= 11 is 0. The first-order valence-corrected chi connectivity index (χ1v) is 26.2. The van der Waals surface area contributed by atoms with Crippen LogP contribution in [0.25, 0.3) is 21.9 Å². The number of rotatable bonds is 2. The number of benzene rings is 6. The summed E-state index contributed by atoms with van der Waals surface area (Å²) in [7, 11) is 0. The lowest BCUT2D eigenvalue weighted by atomic mass is 9.32. The first kappa shape index (κ1) is 41.6. The van der Waals surface area contributed by atoms with Crippen molar-refractivity contribution < 1.29 is 8.53 Å². The molecule has 0 saturated heterocycles. The second kappa shape index (κ2) is 14.0. The van der Waals surface area contributed by atoms with Gasteiger partial charge in [0.1, 0.15) is 5.58 Å². The van der Waals surface area contributed by atoms with Gasteiger partial charge in [0.2, 0.25) is 0 Å². The molecule has 69 heavy (non-hydrogen) atoms. The van der Waals surface area contributed by atoms with Gasteiger partial charge in [-0.05, 0) is 193 Å². The predicted octanol–water partition coefficient (Wildman–Crippen LogP) is 16.3. The minimum Gasteiger partial charge on any atom is -0.454 e. The molecule has 0 atom stereocenters. The van der Waals surface area contributed by atoms with Crippen LogP contribution in [0.2, 0.25) is 0 Å². The number of hydrogen-bond acceptors (Lipinski definition) is 3. The van der Waals surface area contributed by atoms with Crippen molar-refractivity contribution in [2.45, 2.75) is 187 Å². The van der Waals surface area contributed by atoms with Crippen LogP contribution in [0, 0.1) is 6.85 Å². The van der Waals surface area contributed by atoms with Crippen LogP contribution in [0.3, 0.4) is 0 Å². The molecular weight excluding hydrogens is 836 g/mol. The Morgan fingerprint density at radius 3 is 1.51 bits per heavy atom. The summed E-state index contributed by atoms with van der Waals surface area (Å²) in [6, 6.07) is 34.8. The van der Waals surface area contributed by atoms with Crippen molar-refractivity contribution in [3.8, 4) is 0 Å². The molecule has 0 spiro atoms. The minimum absolute atomic E-state index is 0.0296. The Kier molecular flexibility index (Phi) is 8.44. The summed E-state index contributed by atoms with van der Waals surface area (Å²) in [5, 5.41) is 2.13. The molecule has 0 radical (unpaired) electrons. The van der Waals surface area contributed by atoms with E-state index in [0.717, 1.165) is 100 Å². The van der Waals surface area contributed by atoms with Crippen LogP contribution in [0.1, 0.15) is 191 Å². The highest BCUT2D eigenvalue weighted by Gasteiger charge is 2.49. The zero-order valence-electron chi connectivity index (χ0n) is 47.3. The fraction of sp³-hybridized carbons (Fsp3) is 0.446. The van der Waals surface area contributed by atoms with E-state index in [0.29, 0.717) is 5.56 Å². The van der Waals surface area contributed by atoms with E-state index in [1.54, 1.807) is 0 Å². The lowest BCUT2D eigenvalue weighted by Gasteiger charge is -2.49. The third kappa shape index (κ3) is 6.44. The topological polar surface area (TPSA) is 19.6 Å². The molecule has 0 unspecified atom stereocenters. The molecule has 0 bridgehead atoms. The molecule has 0 amide bonds. The van der Waals surface area contributed by atoms with E-state index >= 15 is 0 Å². The molecule has 4 heteroatoms. The van der Waals surface area contributed by atoms with Crippen LogP contribution in [0.4, 0.5) is 34.1 Å². The van der Waals surface area contributed by atoms with Crippen LogP contribution in [-0.2, 0) is 37.9 Å². The number of para-hydroxylation sites is 1. The third-order valence-electron chi connectivity index (χ3n) is 18.7. The molecule has 5 aliphatic rings. The van der Waals surface area contributed by atoms with E-state index in [9.17, 15) is 4.11 Å². The standard InChI is InChI=1S/C65H75BN2O/c1-38-30-54-57-55(31-38)68(51-19-17-18-42-41-22-20-39(59(2,3)4)32-56(41)69-58(42)51)53-37-48-46(63(11,12)27-29-65(48,15)16)35-50(53)66(57)49-34-45-47(64(13,14)28-26-62(45,9)10)36-52(49)67(54)40-21-23-43-44(33-40)61(7,8)25-24-60(43,5)6/h17-23,30-37H,24-29H2,1-16H3/i1D3. The summed E-state index contributed by atoms with van der Waals surface area (Å²) in [5.41, 5.74) is 21.2. The normalized spacial score (nSPS) is 21.6. The monoisotopic (exact) mass is 914 g/mol. The lowest BCUT2D eigenvalue weighted by Crippen LogP contribution is -2.62. The number of nitrogens with zero attached hydrogens (tertiary/aromatic N) is 2. The second-order valence-corrected chi connectivity index (χ2v) is 27.2. The van der Waals surface area contributed by atoms with Crippen molar-refractivity contribution in [2.75, 3.05) is 9.80 Å². The molecule has 0 N–H and O–H groups in total. The van der Waals surface area contributed by atoms with Gasteiger partial charge in [0.25, 0.3) is 6.71 Å². The predicted molar refractivity (Wildman–Crippen MR) is 297 cm³/mol. The van der Waals surface area contributed by atoms with Crippen molar-refractivity contribution in [3.63, 3.8) is 0 Å². The first-order valence-electron chi connectivity index (χ1n) is 27.7. The van der Waals surface area contributed by atoms with Crippen LogP contribution in [0.5, 0.6) is 0 Å². The Hall–Kier alpha value is -5.22. The molecule has 2 aliphatic heterocycles. The fourth-order valence-electron chi connectivity index (χ4n) is 13.8. The summed E-state index contributed by atoms with van der Waals surface area (Å²) < 4.78 is 35.0. The van der Waals surface area contributed by atoms with Gasteiger partial charge in [0.15, 0.2) is 5.58 Å². The summed E-state index contributed by atoms with van der Waals surface area (Å²) in [6.07, 6.45) is 6.63. The van der Waals surface area contributed by atoms with E-state index in [1.807, 2.05) is 12.1 Å². The quantitative estimate of drug-likeness (QED) is 0.161. The summed E-state index contributed by atoms with van der Waals surface area (Å²) in [5.74, 6) is 0. The molecular formula is C65H75BN2O. The molecule has 3 heterocycles. The maximum absolute atomic E-state index is 9.27. The molecule has 0 saturated carbocycles. The van der Waals surface area contributed by atoms with E-state index in [-0.39, 0.29) is 44.6 Å². The van der Waals surface area contributed by atoms with Gasteiger partial charge in [-0.15, -0.1) is 0 Å². The minimum atomic E-state index is -2.39. The van der Waals surface area contributed by atoms with Gasteiger partial charge in [0.05, 0.1) is 5.69 Å². The van der Waals surface area contributed by atoms with E-state index in [4.69, 9.17) is 4.42 Å². The van der Waals surface area contributed by atoms with Gasteiger partial charge >= 0.3 is 0 Å². The number of aryl methyl sites for hydroxylation is 1. The van der Waals surface area contributed by atoms with Gasteiger partial charge in [-0.1, -0.05) is 146 Å². The highest BCUT2D eigenvalue weighted by atomic mass is 16.3. The van der Waals surface area contributed by atoms with Gasteiger partial charge < -0.3 is 14.2 Å². The van der Waals surface area contributed by atoms with Crippen molar-refractivity contribution in [1.82, 2.24) is 0 Å². The number of hydrogen-bond donors (Lipinski definition) is 0. The average Bonchev–Trinajstić information content (AvgIpc) is 3.68. The molecule has 7 aromatic rings. The zero-order valence-corrected chi connectivity index (χ0v) is 44.3. The van der Waals surface area contributed by atoms with Crippen molar-refractivity contribution in [1.29, 1.82) is 0 Å². The highest BCUT2D eigenvalue weighted by molar-refractivity contribution is 7.00.